The fourth-order valence-electron chi connectivity index (χ4n) is 2.19. The zero-order valence-corrected chi connectivity index (χ0v) is 8.92. The topological polar surface area (TPSA) is 52.0 Å². The zero-order chi connectivity index (χ0) is 10.1. The largest absolute Gasteiger partial charge is 0.443 e. The molecular formula is C11H18N2O. The number of aryl methyl sites for hydroxylation is 1. The Morgan fingerprint density at radius 1 is 1.43 bits per heavy atom. The Balaban J connectivity index is 2.24. The summed E-state index contributed by atoms with van der Waals surface area (Å²) in [6.45, 7) is 3.92. The molecule has 1 aromatic heterocycles. The highest BCUT2D eigenvalue weighted by Gasteiger charge is 2.24. The third-order valence-electron chi connectivity index (χ3n) is 2.96. The molecule has 2 rings (SSSR count). The van der Waals surface area contributed by atoms with E-state index in [0.29, 0.717) is 11.8 Å². The van der Waals surface area contributed by atoms with E-state index in [1.807, 2.05) is 13.8 Å². The Bertz CT molecular complexity index is 311. The number of rotatable bonds is 2. The van der Waals surface area contributed by atoms with Gasteiger partial charge in [0.25, 0.3) is 0 Å². The highest BCUT2D eigenvalue weighted by Crippen LogP contribution is 2.36. The SMILES string of the molecule is Cc1nc([C@H](C)N)oc1C1CCCC1. The van der Waals surface area contributed by atoms with Gasteiger partial charge in [0, 0.05) is 5.92 Å². The molecule has 1 aliphatic rings. The van der Waals surface area contributed by atoms with Gasteiger partial charge < -0.3 is 10.2 Å². The fraction of sp³-hybridized carbons (Fsp3) is 0.727. The predicted octanol–water partition coefficient (Wildman–Crippen LogP) is 2.66. The van der Waals surface area contributed by atoms with Crippen LogP contribution in [0.15, 0.2) is 4.42 Å². The van der Waals surface area contributed by atoms with Crippen LogP contribution >= 0.6 is 0 Å². The van der Waals surface area contributed by atoms with E-state index in [9.17, 15) is 0 Å². The molecule has 2 N–H and O–H groups in total. The first-order chi connectivity index (χ1) is 6.68. The molecule has 1 atom stereocenters. The Hall–Kier alpha value is -0.830. The second-order valence-electron chi connectivity index (χ2n) is 4.27. The molecule has 3 heteroatoms. The molecule has 0 unspecified atom stereocenters. The van der Waals surface area contributed by atoms with E-state index >= 15 is 0 Å². The van der Waals surface area contributed by atoms with Crippen LogP contribution in [0.2, 0.25) is 0 Å². The normalized spacial score (nSPS) is 20.2. The molecule has 0 bridgehead atoms. The van der Waals surface area contributed by atoms with Crippen molar-refractivity contribution in [2.24, 2.45) is 5.73 Å². The van der Waals surface area contributed by atoms with Gasteiger partial charge in [-0.1, -0.05) is 12.8 Å². The molecule has 0 saturated heterocycles. The molecule has 1 fully saturated rings. The van der Waals surface area contributed by atoms with Gasteiger partial charge in [0.15, 0.2) is 0 Å². The summed E-state index contributed by atoms with van der Waals surface area (Å²) < 4.78 is 5.72. The summed E-state index contributed by atoms with van der Waals surface area (Å²) in [7, 11) is 0. The van der Waals surface area contributed by atoms with Crippen molar-refractivity contribution in [2.75, 3.05) is 0 Å². The van der Waals surface area contributed by atoms with E-state index in [-0.39, 0.29) is 6.04 Å². The first kappa shape index (κ1) is 9.71. The lowest BCUT2D eigenvalue weighted by Crippen LogP contribution is -2.04. The second-order valence-corrected chi connectivity index (χ2v) is 4.27. The maximum atomic E-state index is 5.74. The average Bonchev–Trinajstić information content (AvgIpc) is 2.71. The molecule has 0 spiro atoms. The summed E-state index contributed by atoms with van der Waals surface area (Å²) in [5.74, 6) is 2.36. The summed E-state index contributed by atoms with van der Waals surface area (Å²) in [6, 6.07) is -0.0937. The number of oxazole rings is 1. The molecule has 0 aromatic carbocycles. The summed E-state index contributed by atoms with van der Waals surface area (Å²) in [5.41, 5.74) is 6.77. The molecule has 1 heterocycles. The Morgan fingerprint density at radius 2 is 2.07 bits per heavy atom. The van der Waals surface area contributed by atoms with E-state index < -0.39 is 0 Å². The standard InChI is InChI=1S/C11H18N2O/c1-7(12)11-13-8(2)10(14-11)9-5-3-4-6-9/h7,9H,3-6,12H2,1-2H3/t7-/m0/s1. The van der Waals surface area contributed by atoms with Crippen LogP contribution in [-0.4, -0.2) is 4.98 Å². The van der Waals surface area contributed by atoms with Crippen molar-refractivity contribution in [1.82, 2.24) is 4.98 Å². The van der Waals surface area contributed by atoms with Gasteiger partial charge in [0.05, 0.1) is 11.7 Å². The number of aromatic nitrogens is 1. The molecule has 14 heavy (non-hydrogen) atoms. The minimum atomic E-state index is -0.0937. The van der Waals surface area contributed by atoms with Crippen LogP contribution in [-0.2, 0) is 0 Å². The van der Waals surface area contributed by atoms with Gasteiger partial charge in [-0.05, 0) is 26.7 Å². The fourth-order valence-corrected chi connectivity index (χ4v) is 2.19. The zero-order valence-electron chi connectivity index (χ0n) is 8.92. The average molecular weight is 194 g/mol. The van der Waals surface area contributed by atoms with Crippen molar-refractivity contribution < 1.29 is 4.42 Å². The van der Waals surface area contributed by atoms with Gasteiger partial charge in [-0.15, -0.1) is 0 Å². The van der Waals surface area contributed by atoms with Crippen molar-refractivity contribution >= 4 is 0 Å². The quantitative estimate of drug-likeness (QED) is 0.787. The summed E-state index contributed by atoms with van der Waals surface area (Å²) in [5, 5.41) is 0. The van der Waals surface area contributed by atoms with Crippen molar-refractivity contribution in [3.8, 4) is 0 Å². The van der Waals surface area contributed by atoms with Gasteiger partial charge in [-0.3, -0.25) is 0 Å². The Morgan fingerprint density at radius 3 is 2.57 bits per heavy atom. The second kappa shape index (κ2) is 3.73. The molecule has 0 aliphatic heterocycles. The van der Waals surface area contributed by atoms with Gasteiger partial charge >= 0.3 is 0 Å². The highest BCUT2D eigenvalue weighted by molar-refractivity contribution is 5.15. The van der Waals surface area contributed by atoms with Crippen LogP contribution in [0.1, 0.15) is 61.9 Å². The molecule has 3 nitrogen and oxygen atoms in total. The molecule has 78 valence electrons. The smallest absolute Gasteiger partial charge is 0.211 e. The van der Waals surface area contributed by atoms with Crippen LogP contribution in [0.4, 0.5) is 0 Å². The number of hydrogen-bond donors (Lipinski definition) is 1. The van der Waals surface area contributed by atoms with Crippen molar-refractivity contribution in [3.05, 3.63) is 17.3 Å². The highest BCUT2D eigenvalue weighted by atomic mass is 16.4. The van der Waals surface area contributed by atoms with E-state index in [4.69, 9.17) is 10.2 Å². The van der Waals surface area contributed by atoms with Gasteiger partial charge in [0.2, 0.25) is 5.89 Å². The molecular weight excluding hydrogens is 176 g/mol. The predicted molar refractivity (Wildman–Crippen MR) is 55.1 cm³/mol. The molecule has 1 aromatic rings. The first-order valence-electron chi connectivity index (χ1n) is 5.41. The minimum Gasteiger partial charge on any atom is -0.443 e. The van der Waals surface area contributed by atoms with Crippen molar-refractivity contribution in [2.45, 2.75) is 51.5 Å². The van der Waals surface area contributed by atoms with Crippen LogP contribution in [0, 0.1) is 6.92 Å². The lowest BCUT2D eigenvalue weighted by Gasteiger charge is -2.04. The van der Waals surface area contributed by atoms with Crippen LogP contribution < -0.4 is 5.73 Å². The monoisotopic (exact) mass is 194 g/mol. The van der Waals surface area contributed by atoms with E-state index in [1.54, 1.807) is 0 Å². The van der Waals surface area contributed by atoms with Gasteiger partial charge in [-0.2, -0.15) is 0 Å². The van der Waals surface area contributed by atoms with Crippen molar-refractivity contribution in [1.29, 1.82) is 0 Å². The lowest BCUT2D eigenvalue weighted by atomic mass is 10.0. The van der Waals surface area contributed by atoms with Gasteiger partial charge in [-0.25, -0.2) is 4.98 Å². The third-order valence-corrected chi connectivity index (χ3v) is 2.96. The summed E-state index contributed by atoms with van der Waals surface area (Å²) >= 11 is 0. The number of nitrogens with two attached hydrogens (primary N) is 1. The number of nitrogens with zero attached hydrogens (tertiary/aromatic N) is 1. The van der Waals surface area contributed by atoms with E-state index in [2.05, 4.69) is 4.98 Å². The number of hydrogen-bond acceptors (Lipinski definition) is 3. The molecule has 0 amide bonds. The summed E-state index contributed by atoms with van der Waals surface area (Å²) in [4.78, 5) is 4.36. The van der Waals surface area contributed by atoms with Gasteiger partial charge in [0.1, 0.15) is 5.76 Å². The van der Waals surface area contributed by atoms with Crippen LogP contribution in [0.5, 0.6) is 0 Å². The van der Waals surface area contributed by atoms with E-state index in [0.717, 1.165) is 11.5 Å². The molecule has 1 aliphatic carbocycles. The summed E-state index contributed by atoms with van der Waals surface area (Å²) in [6.07, 6.45) is 5.12. The maximum Gasteiger partial charge on any atom is 0.211 e. The first-order valence-corrected chi connectivity index (χ1v) is 5.41. The lowest BCUT2D eigenvalue weighted by molar-refractivity contribution is 0.404. The maximum absolute atomic E-state index is 5.74. The van der Waals surface area contributed by atoms with E-state index in [1.165, 1.54) is 25.7 Å². The third kappa shape index (κ3) is 1.69. The van der Waals surface area contributed by atoms with Crippen LogP contribution in [0.3, 0.4) is 0 Å². The minimum absolute atomic E-state index is 0.0937. The molecule has 0 radical (unpaired) electrons. The van der Waals surface area contributed by atoms with Crippen molar-refractivity contribution in [3.63, 3.8) is 0 Å². The van der Waals surface area contributed by atoms with Crippen LogP contribution in [0.25, 0.3) is 0 Å². The Kier molecular flexibility index (Phi) is 2.59. The molecule has 1 saturated carbocycles. The Labute approximate surface area is 84.7 Å².